The molecule has 100 valence electrons. The highest BCUT2D eigenvalue weighted by Gasteiger charge is 2.25. The van der Waals surface area contributed by atoms with Crippen LogP contribution in [0.25, 0.3) is 0 Å². The fraction of sp³-hybridized carbons (Fsp3) is 0.333. The van der Waals surface area contributed by atoms with Crippen LogP contribution in [-0.4, -0.2) is 11.7 Å². The van der Waals surface area contributed by atoms with E-state index in [1.807, 2.05) is 17.4 Å². The molecule has 0 aliphatic carbocycles. The molecule has 0 fully saturated rings. The average molecular weight is 338 g/mol. The molecular formula is C15H16BrNOS. The van der Waals surface area contributed by atoms with E-state index in [4.69, 9.17) is 0 Å². The zero-order chi connectivity index (χ0) is 13.4. The van der Waals surface area contributed by atoms with Gasteiger partial charge in [-0.15, -0.1) is 11.3 Å². The van der Waals surface area contributed by atoms with E-state index in [1.165, 1.54) is 16.1 Å². The van der Waals surface area contributed by atoms with Gasteiger partial charge in [0.25, 0.3) is 0 Å². The molecule has 0 amide bonds. The van der Waals surface area contributed by atoms with Gasteiger partial charge in [-0.3, -0.25) is 0 Å². The Kier molecular flexibility index (Phi) is 3.65. The minimum Gasteiger partial charge on any atom is -0.392 e. The van der Waals surface area contributed by atoms with Crippen LogP contribution in [0.3, 0.4) is 0 Å². The SMILES string of the molecule is CC1c2ccsc2CCN1c1ccc(CO)c(Br)c1. The van der Waals surface area contributed by atoms with Crippen LogP contribution in [0.15, 0.2) is 34.1 Å². The van der Waals surface area contributed by atoms with Gasteiger partial charge >= 0.3 is 0 Å². The molecule has 1 atom stereocenters. The predicted molar refractivity (Wildman–Crippen MR) is 83.8 cm³/mol. The average Bonchev–Trinajstić information content (AvgIpc) is 2.88. The Labute approximate surface area is 125 Å². The quantitative estimate of drug-likeness (QED) is 0.890. The number of fused-ring (bicyclic) bond motifs is 1. The van der Waals surface area contributed by atoms with Crippen molar-refractivity contribution >= 4 is 33.0 Å². The maximum atomic E-state index is 9.23. The summed E-state index contributed by atoms with van der Waals surface area (Å²) in [6.07, 6.45) is 1.12. The van der Waals surface area contributed by atoms with Gasteiger partial charge in [0.1, 0.15) is 0 Å². The van der Waals surface area contributed by atoms with Crippen LogP contribution in [0.2, 0.25) is 0 Å². The Bertz CT molecular complexity index is 596. The minimum atomic E-state index is 0.0745. The molecule has 1 aromatic carbocycles. The molecule has 1 aliphatic heterocycles. The molecule has 0 spiro atoms. The van der Waals surface area contributed by atoms with E-state index >= 15 is 0 Å². The van der Waals surface area contributed by atoms with Crippen molar-refractivity contribution < 1.29 is 5.11 Å². The summed E-state index contributed by atoms with van der Waals surface area (Å²) in [4.78, 5) is 3.95. The number of thiophene rings is 1. The highest BCUT2D eigenvalue weighted by atomic mass is 79.9. The Balaban J connectivity index is 1.93. The second-order valence-electron chi connectivity index (χ2n) is 4.85. The van der Waals surface area contributed by atoms with Gasteiger partial charge in [0.15, 0.2) is 0 Å². The number of hydrogen-bond acceptors (Lipinski definition) is 3. The van der Waals surface area contributed by atoms with Gasteiger partial charge in [0.05, 0.1) is 12.6 Å². The lowest BCUT2D eigenvalue weighted by molar-refractivity contribution is 0.281. The fourth-order valence-corrected chi connectivity index (χ4v) is 4.16. The van der Waals surface area contributed by atoms with Crippen molar-refractivity contribution in [3.63, 3.8) is 0 Å². The zero-order valence-electron chi connectivity index (χ0n) is 10.8. The van der Waals surface area contributed by atoms with Gasteiger partial charge in [-0.25, -0.2) is 0 Å². The maximum absolute atomic E-state index is 9.23. The van der Waals surface area contributed by atoms with Crippen LogP contribution in [0.4, 0.5) is 5.69 Å². The lowest BCUT2D eigenvalue weighted by atomic mass is 10.0. The summed E-state index contributed by atoms with van der Waals surface area (Å²) in [5, 5.41) is 11.4. The highest BCUT2D eigenvalue weighted by Crippen LogP contribution is 2.37. The number of aliphatic hydroxyl groups excluding tert-OH is 1. The van der Waals surface area contributed by atoms with Crippen LogP contribution in [0.5, 0.6) is 0 Å². The molecule has 0 bridgehead atoms. The van der Waals surface area contributed by atoms with E-state index in [9.17, 15) is 5.11 Å². The third-order valence-electron chi connectivity index (χ3n) is 3.82. The van der Waals surface area contributed by atoms with Crippen molar-refractivity contribution in [3.8, 4) is 0 Å². The largest absolute Gasteiger partial charge is 0.392 e. The second-order valence-corrected chi connectivity index (χ2v) is 6.71. The first-order valence-corrected chi connectivity index (χ1v) is 8.10. The zero-order valence-corrected chi connectivity index (χ0v) is 13.2. The summed E-state index contributed by atoms with van der Waals surface area (Å²) in [6, 6.07) is 8.87. The molecule has 1 aliphatic rings. The van der Waals surface area contributed by atoms with E-state index < -0.39 is 0 Å². The maximum Gasteiger partial charge on any atom is 0.0692 e. The summed E-state index contributed by atoms with van der Waals surface area (Å²) in [7, 11) is 0. The summed E-state index contributed by atoms with van der Waals surface area (Å²) in [5.41, 5.74) is 3.61. The molecular weight excluding hydrogens is 322 g/mol. The Morgan fingerprint density at radius 2 is 2.26 bits per heavy atom. The number of rotatable bonds is 2. The third kappa shape index (κ3) is 2.33. The van der Waals surface area contributed by atoms with Gasteiger partial charge in [0.2, 0.25) is 0 Å². The monoisotopic (exact) mass is 337 g/mol. The van der Waals surface area contributed by atoms with Gasteiger partial charge < -0.3 is 10.0 Å². The standard InChI is InChI=1S/C15H16BrNOS/c1-10-13-5-7-19-15(13)4-6-17(10)12-3-2-11(9-18)14(16)8-12/h2-3,5,7-8,10,18H,4,6,9H2,1H3. The van der Waals surface area contributed by atoms with E-state index in [2.05, 4.69) is 51.3 Å². The molecule has 1 aromatic heterocycles. The molecule has 2 nitrogen and oxygen atoms in total. The summed E-state index contributed by atoms with van der Waals surface area (Å²) >= 11 is 5.40. The van der Waals surface area contributed by atoms with Gasteiger partial charge in [-0.05, 0) is 48.1 Å². The first-order valence-electron chi connectivity index (χ1n) is 6.43. The molecule has 1 unspecified atom stereocenters. The smallest absolute Gasteiger partial charge is 0.0692 e. The molecule has 2 aromatic rings. The third-order valence-corrected chi connectivity index (χ3v) is 5.55. The summed E-state index contributed by atoms with van der Waals surface area (Å²) in [5.74, 6) is 0. The normalized spacial score (nSPS) is 18.5. The number of benzene rings is 1. The topological polar surface area (TPSA) is 23.5 Å². The van der Waals surface area contributed by atoms with Gasteiger partial charge in [0, 0.05) is 21.6 Å². The minimum absolute atomic E-state index is 0.0745. The number of nitrogens with zero attached hydrogens (tertiary/aromatic N) is 1. The number of hydrogen-bond donors (Lipinski definition) is 1. The molecule has 1 N–H and O–H groups in total. The Morgan fingerprint density at radius 1 is 1.42 bits per heavy atom. The lowest BCUT2D eigenvalue weighted by Gasteiger charge is -2.35. The molecule has 3 rings (SSSR count). The van der Waals surface area contributed by atoms with E-state index in [0.717, 1.165) is 23.0 Å². The Morgan fingerprint density at radius 3 is 3.00 bits per heavy atom. The van der Waals surface area contributed by atoms with Crippen LogP contribution < -0.4 is 4.90 Å². The van der Waals surface area contributed by atoms with Crippen LogP contribution in [0.1, 0.15) is 29.0 Å². The van der Waals surface area contributed by atoms with Crippen molar-refractivity contribution in [2.45, 2.75) is 26.0 Å². The molecule has 19 heavy (non-hydrogen) atoms. The van der Waals surface area contributed by atoms with Gasteiger partial charge in [-0.2, -0.15) is 0 Å². The van der Waals surface area contributed by atoms with E-state index in [-0.39, 0.29) is 6.61 Å². The number of anilines is 1. The van der Waals surface area contributed by atoms with Gasteiger partial charge in [-0.1, -0.05) is 22.0 Å². The molecule has 2 heterocycles. The summed E-state index contributed by atoms with van der Waals surface area (Å²) < 4.78 is 0.982. The Hall–Kier alpha value is -0.840. The highest BCUT2D eigenvalue weighted by molar-refractivity contribution is 9.10. The number of halogens is 1. The van der Waals surface area contributed by atoms with E-state index in [1.54, 1.807) is 0 Å². The number of aliphatic hydroxyl groups is 1. The molecule has 4 heteroatoms. The first-order chi connectivity index (χ1) is 9.20. The first kappa shape index (κ1) is 13.2. The van der Waals surface area contributed by atoms with Crippen LogP contribution in [-0.2, 0) is 13.0 Å². The van der Waals surface area contributed by atoms with Crippen molar-refractivity contribution in [2.75, 3.05) is 11.4 Å². The molecule has 0 radical (unpaired) electrons. The predicted octanol–water partition coefficient (Wildman–Crippen LogP) is 4.13. The van der Waals surface area contributed by atoms with Crippen molar-refractivity contribution in [1.29, 1.82) is 0 Å². The summed E-state index contributed by atoms with van der Waals surface area (Å²) in [6.45, 7) is 3.39. The van der Waals surface area contributed by atoms with Crippen molar-refractivity contribution in [3.05, 3.63) is 50.1 Å². The van der Waals surface area contributed by atoms with Crippen molar-refractivity contribution in [2.24, 2.45) is 0 Å². The van der Waals surface area contributed by atoms with Crippen LogP contribution in [0, 0.1) is 0 Å². The van der Waals surface area contributed by atoms with E-state index in [0.29, 0.717) is 6.04 Å². The molecule has 0 saturated heterocycles. The van der Waals surface area contributed by atoms with Crippen LogP contribution >= 0.6 is 27.3 Å². The molecule has 0 saturated carbocycles. The second kappa shape index (κ2) is 5.27. The fourth-order valence-electron chi connectivity index (χ4n) is 2.71. The van der Waals surface area contributed by atoms with Crippen molar-refractivity contribution in [1.82, 2.24) is 0 Å². The lowest BCUT2D eigenvalue weighted by Crippen LogP contribution is -2.33.